The van der Waals surface area contributed by atoms with Gasteiger partial charge < -0.3 is 15.8 Å². The second-order valence-electron chi connectivity index (χ2n) is 5.34. The fourth-order valence-corrected chi connectivity index (χ4v) is 2.22. The van der Waals surface area contributed by atoms with E-state index in [1.165, 1.54) is 0 Å². The van der Waals surface area contributed by atoms with Crippen LogP contribution < -0.4 is 11.1 Å². The molecule has 0 unspecified atom stereocenters. The van der Waals surface area contributed by atoms with Gasteiger partial charge in [-0.1, -0.05) is 11.6 Å². The molecule has 5 heteroatoms. The average Bonchev–Trinajstić information content (AvgIpc) is 2.42. The molecule has 22 heavy (non-hydrogen) atoms. The number of carbonyl (C=O) groups excluding carboxylic acids is 1. The molecule has 0 fully saturated rings. The molecule has 0 saturated heterocycles. The Balaban J connectivity index is 2.21. The molecule has 0 amide bonds. The number of nitrogens with two attached hydrogens (primary N) is 1. The summed E-state index contributed by atoms with van der Waals surface area (Å²) in [7, 11) is 0. The lowest BCUT2D eigenvalue weighted by atomic mass is 10.1. The van der Waals surface area contributed by atoms with Gasteiger partial charge >= 0.3 is 5.97 Å². The van der Waals surface area contributed by atoms with Crippen LogP contribution in [0.5, 0.6) is 0 Å². The molecule has 0 radical (unpaired) electrons. The van der Waals surface area contributed by atoms with E-state index in [-0.39, 0.29) is 12.1 Å². The lowest BCUT2D eigenvalue weighted by Gasteiger charge is -2.13. The molecule has 0 aliphatic heterocycles. The molecule has 116 valence electrons. The number of carbonyl (C=O) groups is 1. The number of rotatable bonds is 4. The highest BCUT2D eigenvalue weighted by atomic mass is 35.5. The fourth-order valence-electron chi connectivity index (χ4n) is 2.00. The van der Waals surface area contributed by atoms with Crippen molar-refractivity contribution in [3.8, 4) is 0 Å². The zero-order chi connectivity index (χ0) is 16.3. The second-order valence-corrected chi connectivity index (χ2v) is 5.78. The predicted molar refractivity (Wildman–Crippen MR) is 90.9 cm³/mol. The molecule has 0 aromatic heterocycles. The van der Waals surface area contributed by atoms with Crippen LogP contribution in [0.3, 0.4) is 0 Å². The average molecular weight is 319 g/mol. The Morgan fingerprint density at radius 2 is 1.86 bits per heavy atom. The number of esters is 1. The Labute approximate surface area is 135 Å². The molecule has 0 saturated carbocycles. The number of halogens is 1. The number of hydrogen-bond donors (Lipinski definition) is 2. The summed E-state index contributed by atoms with van der Waals surface area (Å²) in [5, 5.41) is 3.92. The molecule has 2 aromatic rings. The first-order valence-electron chi connectivity index (χ1n) is 7.00. The van der Waals surface area contributed by atoms with Crippen molar-refractivity contribution in [1.82, 2.24) is 0 Å². The first-order valence-corrected chi connectivity index (χ1v) is 7.38. The van der Waals surface area contributed by atoms with E-state index < -0.39 is 0 Å². The van der Waals surface area contributed by atoms with Gasteiger partial charge in [0.25, 0.3) is 0 Å². The van der Waals surface area contributed by atoms with Crippen LogP contribution in [0.4, 0.5) is 17.1 Å². The maximum absolute atomic E-state index is 11.9. The van der Waals surface area contributed by atoms with Crippen LogP contribution in [0.15, 0.2) is 36.4 Å². The molecule has 0 aliphatic rings. The van der Waals surface area contributed by atoms with Crippen LogP contribution in [-0.2, 0) is 4.74 Å². The molecule has 2 rings (SSSR count). The molecule has 3 N–H and O–H groups in total. The van der Waals surface area contributed by atoms with Crippen LogP contribution in [0.2, 0.25) is 5.02 Å². The molecule has 0 bridgehead atoms. The first-order chi connectivity index (χ1) is 10.4. The second kappa shape index (κ2) is 6.71. The molecule has 0 spiro atoms. The number of nitrogen functional groups attached to an aromatic ring is 1. The maximum Gasteiger partial charge on any atom is 0.338 e. The zero-order valence-corrected chi connectivity index (χ0v) is 13.6. The van der Waals surface area contributed by atoms with Gasteiger partial charge in [-0.3, -0.25) is 0 Å². The van der Waals surface area contributed by atoms with Crippen LogP contribution in [0.1, 0.15) is 29.8 Å². The van der Waals surface area contributed by atoms with E-state index >= 15 is 0 Å². The minimum absolute atomic E-state index is 0.164. The van der Waals surface area contributed by atoms with Crippen molar-refractivity contribution in [3.63, 3.8) is 0 Å². The third-order valence-corrected chi connectivity index (χ3v) is 3.32. The molecule has 2 aromatic carbocycles. The third-order valence-electron chi connectivity index (χ3n) is 3.09. The summed E-state index contributed by atoms with van der Waals surface area (Å²) < 4.78 is 5.15. The van der Waals surface area contributed by atoms with Gasteiger partial charge in [0.2, 0.25) is 0 Å². The fraction of sp³-hybridized carbons (Fsp3) is 0.235. The Kier molecular flexibility index (Phi) is 4.93. The maximum atomic E-state index is 11.9. The van der Waals surface area contributed by atoms with E-state index in [1.54, 1.807) is 38.1 Å². The van der Waals surface area contributed by atoms with Gasteiger partial charge in [-0.2, -0.15) is 0 Å². The van der Waals surface area contributed by atoms with Crippen molar-refractivity contribution in [3.05, 3.63) is 52.5 Å². The van der Waals surface area contributed by atoms with Crippen molar-refractivity contribution in [2.75, 3.05) is 11.1 Å². The Hall–Kier alpha value is -2.20. The predicted octanol–water partition coefficient (Wildman–Crippen LogP) is 4.54. The van der Waals surface area contributed by atoms with Crippen LogP contribution >= 0.6 is 11.6 Å². The summed E-state index contributed by atoms with van der Waals surface area (Å²) in [5.74, 6) is -0.379. The highest BCUT2D eigenvalue weighted by Gasteiger charge is 2.11. The van der Waals surface area contributed by atoms with Crippen molar-refractivity contribution in [2.24, 2.45) is 0 Å². The summed E-state index contributed by atoms with van der Waals surface area (Å²) in [5.41, 5.74) is 9.58. The van der Waals surface area contributed by atoms with E-state index in [0.29, 0.717) is 16.3 Å². The molecular formula is C17H19ClN2O2. The van der Waals surface area contributed by atoms with E-state index in [0.717, 1.165) is 16.9 Å². The van der Waals surface area contributed by atoms with Gasteiger partial charge in [0, 0.05) is 10.7 Å². The number of hydrogen-bond acceptors (Lipinski definition) is 4. The zero-order valence-electron chi connectivity index (χ0n) is 12.8. The van der Waals surface area contributed by atoms with Gasteiger partial charge in [0.05, 0.1) is 23.0 Å². The van der Waals surface area contributed by atoms with E-state index in [2.05, 4.69) is 5.32 Å². The molecule has 0 heterocycles. The SMILES string of the molecule is Cc1cc(Cl)ccc1Nc1ccc(C(=O)OC(C)C)cc1N. The summed E-state index contributed by atoms with van der Waals surface area (Å²) in [4.78, 5) is 11.9. The normalized spacial score (nSPS) is 10.6. The van der Waals surface area contributed by atoms with Crippen LogP contribution in [0.25, 0.3) is 0 Å². The standard InChI is InChI=1S/C17H19ClN2O2/c1-10(2)22-17(21)12-4-6-16(14(19)9-12)20-15-7-5-13(18)8-11(15)3/h4-10,20H,19H2,1-3H3. The summed E-state index contributed by atoms with van der Waals surface area (Å²) >= 11 is 5.94. The smallest absolute Gasteiger partial charge is 0.338 e. The third kappa shape index (κ3) is 3.92. The van der Waals surface area contributed by atoms with Gasteiger partial charge in [-0.15, -0.1) is 0 Å². The highest BCUT2D eigenvalue weighted by Crippen LogP contribution is 2.28. The van der Waals surface area contributed by atoms with Crippen LogP contribution in [-0.4, -0.2) is 12.1 Å². The quantitative estimate of drug-likeness (QED) is 0.641. The highest BCUT2D eigenvalue weighted by molar-refractivity contribution is 6.30. The Morgan fingerprint density at radius 3 is 2.45 bits per heavy atom. The minimum atomic E-state index is -0.379. The van der Waals surface area contributed by atoms with Crippen molar-refractivity contribution in [2.45, 2.75) is 26.9 Å². The Bertz CT molecular complexity index is 699. The van der Waals surface area contributed by atoms with Crippen LogP contribution in [0, 0.1) is 6.92 Å². The summed E-state index contributed by atoms with van der Waals surface area (Å²) in [6.45, 7) is 5.57. The van der Waals surface area contributed by atoms with Gasteiger partial charge in [0.1, 0.15) is 0 Å². The van der Waals surface area contributed by atoms with Crippen molar-refractivity contribution in [1.29, 1.82) is 0 Å². The number of nitrogens with one attached hydrogen (secondary N) is 1. The largest absolute Gasteiger partial charge is 0.459 e. The lowest BCUT2D eigenvalue weighted by Crippen LogP contribution is -2.12. The number of anilines is 3. The summed E-state index contributed by atoms with van der Waals surface area (Å²) in [6, 6.07) is 10.6. The van der Waals surface area contributed by atoms with E-state index in [9.17, 15) is 4.79 Å². The number of benzene rings is 2. The monoisotopic (exact) mass is 318 g/mol. The molecule has 0 aliphatic carbocycles. The first kappa shape index (κ1) is 16.2. The molecular weight excluding hydrogens is 300 g/mol. The Morgan fingerprint density at radius 1 is 1.18 bits per heavy atom. The van der Waals surface area contributed by atoms with Crippen molar-refractivity contribution < 1.29 is 9.53 Å². The molecule has 0 atom stereocenters. The van der Waals surface area contributed by atoms with Gasteiger partial charge in [-0.25, -0.2) is 4.79 Å². The number of ether oxygens (including phenoxy) is 1. The van der Waals surface area contributed by atoms with E-state index in [4.69, 9.17) is 22.1 Å². The van der Waals surface area contributed by atoms with Gasteiger partial charge in [0.15, 0.2) is 0 Å². The minimum Gasteiger partial charge on any atom is -0.459 e. The number of aryl methyl sites for hydroxylation is 1. The van der Waals surface area contributed by atoms with Gasteiger partial charge in [-0.05, 0) is 62.7 Å². The topological polar surface area (TPSA) is 64.3 Å². The van der Waals surface area contributed by atoms with Crippen molar-refractivity contribution >= 4 is 34.6 Å². The van der Waals surface area contributed by atoms with E-state index in [1.807, 2.05) is 19.1 Å². The molecule has 4 nitrogen and oxygen atoms in total. The lowest BCUT2D eigenvalue weighted by molar-refractivity contribution is 0.0378. The summed E-state index contributed by atoms with van der Waals surface area (Å²) in [6.07, 6.45) is -0.164.